The van der Waals surface area contributed by atoms with Gasteiger partial charge in [0.25, 0.3) is 0 Å². The second-order valence-corrected chi connectivity index (χ2v) is 5.25. The maximum absolute atomic E-state index is 5.91. The summed E-state index contributed by atoms with van der Waals surface area (Å²) in [6, 6.07) is 16.7. The standard InChI is InChI=1S/C18H11NO/c1-2-5-12-11(4-1)10-14-13(12)7-8-15-17(14)18-16(20-15)6-3-9-19-18/h1-9H,10H2. The molecule has 0 amide bonds. The number of benzene rings is 2. The van der Waals surface area contributed by atoms with E-state index in [1.807, 2.05) is 18.3 Å². The van der Waals surface area contributed by atoms with Crippen molar-refractivity contribution in [2.75, 3.05) is 0 Å². The van der Waals surface area contributed by atoms with Crippen LogP contribution in [0.3, 0.4) is 0 Å². The Morgan fingerprint density at radius 3 is 2.80 bits per heavy atom. The molecule has 2 aromatic heterocycles. The summed E-state index contributed by atoms with van der Waals surface area (Å²) in [5.74, 6) is 0. The largest absolute Gasteiger partial charge is 0.454 e. The average Bonchev–Trinajstić information content (AvgIpc) is 3.04. The number of rotatable bonds is 0. The van der Waals surface area contributed by atoms with Gasteiger partial charge in [-0.1, -0.05) is 30.3 Å². The second-order valence-electron chi connectivity index (χ2n) is 5.25. The number of pyridine rings is 1. The molecule has 0 N–H and O–H groups in total. The summed E-state index contributed by atoms with van der Waals surface area (Å²) in [6.07, 6.45) is 2.80. The minimum absolute atomic E-state index is 0.867. The number of aromatic nitrogens is 1. The zero-order valence-electron chi connectivity index (χ0n) is 10.8. The Kier molecular flexibility index (Phi) is 1.78. The van der Waals surface area contributed by atoms with Crippen LogP contribution < -0.4 is 0 Å². The molecule has 0 radical (unpaired) electrons. The zero-order chi connectivity index (χ0) is 13.1. The Morgan fingerprint density at radius 1 is 0.850 bits per heavy atom. The lowest BCUT2D eigenvalue weighted by molar-refractivity contribution is 0.668. The van der Waals surface area contributed by atoms with Crippen molar-refractivity contribution in [3.63, 3.8) is 0 Å². The number of furan rings is 1. The van der Waals surface area contributed by atoms with Gasteiger partial charge in [-0.15, -0.1) is 0 Å². The summed E-state index contributed by atoms with van der Waals surface area (Å²) in [6.45, 7) is 0. The predicted octanol–water partition coefficient (Wildman–Crippen LogP) is 4.55. The molecule has 2 aromatic carbocycles. The third-order valence-corrected chi connectivity index (χ3v) is 4.18. The molecule has 0 saturated carbocycles. The molecule has 0 fully saturated rings. The number of nitrogens with zero attached hydrogens (tertiary/aromatic N) is 1. The fourth-order valence-corrected chi connectivity index (χ4v) is 3.31. The van der Waals surface area contributed by atoms with E-state index in [4.69, 9.17) is 4.42 Å². The summed E-state index contributed by atoms with van der Waals surface area (Å²) >= 11 is 0. The number of hydrogen-bond acceptors (Lipinski definition) is 2. The SMILES string of the molecule is c1ccc2c(c1)Cc1c-2ccc2oc3cccnc3c12. The van der Waals surface area contributed by atoms with Gasteiger partial charge in [-0.2, -0.15) is 0 Å². The minimum Gasteiger partial charge on any atom is -0.454 e. The van der Waals surface area contributed by atoms with Crippen LogP contribution in [0, 0.1) is 0 Å². The van der Waals surface area contributed by atoms with Crippen LogP contribution in [0.15, 0.2) is 59.1 Å². The normalized spacial score (nSPS) is 12.8. The molecule has 2 nitrogen and oxygen atoms in total. The van der Waals surface area contributed by atoms with E-state index >= 15 is 0 Å². The van der Waals surface area contributed by atoms with Crippen molar-refractivity contribution in [1.82, 2.24) is 4.98 Å². The summed E-state index contributed by atoms with van der Waals surface area (Å²) < 4.78 is 5.91. The highest BCUT2D eigenvalue weighted by molar-refractivity contribution is 6.07. The van der Waals surface area contributed by atoms with E-state index in [2.05, 4.69) is 41.4 Å². The Balaban J connectivity index is 1.96. The highest BCUT2D eigenvalue weighted by Gasteiger charge is 2.23. The summed E-state index contributed by atoms with van der Waals surface area (Å²) in [5, 5.41) is 1.18. The topological polar surface area (TPSA) is 26.0 Å². The lowest BCUT2D eigenvalue weighted by Gasteiger charge is -2.01. The molecule has 1 aliphatic rings. The lowest BCUT2D eigenvalue weighted by atomic mass is 10.0. The molecule has 20 heavy (non-hydrogen) atoms. The molecule has 0 atom stereocenters. The monoisotopic (exact) mass is 257 g/mol. The molecule has 0 aliphatic heterocycles. The van der Waals surface area contributed by atoms with Crippen molar-refractivity contribution in [3.05, 3.63) is 65.9 Å². The Labute approximate surface area is 115 Å². The first kappa shape index (κ1) is 10.2. The maximum Gasteiger partial charge on any atom is 0.153 e. The molecule has 0 bridgehead atoms. The van der Waals surface area contributed by atoms with Crippen molar-refractivity contribution in [3.8, 4) is 11.1 Å². The van der Waals surface area contributed by atoms with E-state index in [0.29, 0.717) is 0 Å². The fourth-order valence-electron chi connectivity index (χ4n) is 3.31. The Bertz CT molecular complexity index is 981. The van der Waals surface area contributed by atoms with Gasteiger partial charge >= 0.3 is 0 Å². The van der Waals surface area contributed by atoms with E-state index in [1.165, 1.54) is 27.6 Å². The highest BCUT2D eigenvalue weighted by Crippen LogP contribution is 2.42. The predicted molar refractivity (Wildman–Crippen MR) is 79.8 cm³/mol. The van der Waals surface area contributed by atoms with Crippen LogP contribution in [0.5, 0.6) is 0 Å². The van der Waals surface area contributed by atoms with Gasteiger partial charge < -0.3 is 4.42 Å². The van der Waals surface area contributed by atoms with Crippen LogP contribution in [0.4, 0.5) is 0 Å². The smallest absolute Gasteiger partial charge is 0.153 e. The van der Waals surface area contributed by atoms with Crippen LogP contribution in [-0.4, -0.2) is 4.98 Å². The molecule has 2 heterocycles. The van der Waals surface area contributed by atoms with Crippen molar-refractivity contribution in [2.24, 2.45) is 0 Å². The van der Waals surface area contributed by atoms with Gasteiger partial charge in [0.1, 0.15) is 11.1 Å². The van der Waals surface area contributed by atoms with E-state index in [9.17, 15) is 0 Å². The first-order chi connectivity index (χ1) is 9.92. The van der Waals surface area contributed by atoms with Gasteiger partial charge in [0.2, 0.25) is 0 Å². The number of fused-ring (bicyclic) bond motifs is 7. The van der Waals surface area contributed by atoms with Crippen LogP contribution in [0.2, 0.25) is 0 Å². The van der Waals surface area contributed by atoms with Gasteiger partial charge in [0.05, 0.1) is 5.39 Å². The maximum atomic E-state index is 5.91. The summed E-state index contributed by atoms with van der Waals surface area (Å²) in [7, 11) is 0. The first-order valence-electron chi connectivity index (χ1n) is 6.79. The van der Waals surface area contributed by atoms with Crippen molar-refractivity contribution < 1.29 is 4.42 Å². The van der Waals surface area contributed by atoms with Crippen molar-refractivity contribution >= 4 is 22.1 Å². The van der Waals surface area contributed by atoms with E-state index in [0.717, 1.165) is 23.1 Å². The first-order valence-corrected chi connectivity index (χ1v) is 6.79. The molecule has 0 saturated heterocycles. The highest BCUT2D eigenvalue weighted by atomic mass is 16.3. The molecule has 1 aliphatic carbocycles. The quantitative estimate of drug-likeness (QED) is 0.406. The molecule has 0 unspecified atom stereocenters. The molecule has 0 spiro atoms. The van der Waals surface area contributed by atoms with Crippen molar-refractivity contribution in [2.45, 2.75) is 6.42 Å². The van der Waals surface area contributed by atoms with E-state index < -0.39 is 0 Å². The Morgan fingerprint density at radius 2 is 1.80 bits per heavy atom. The summed E-state index contributed by atoms with van der Waals surface area (Å²) in [5.41, 5.74) is 8.18. The van der Waals surface area contributed by atoms with Crippen molar-refractivity contribution in [1.29, 1.82) is 0 Å². The molecular weight excluding hydrogens is 246 g/mol. The van der Waals surface area contributed by atoms with Crippen LogP contribution in [0.1, 0.15) is 11.1 Å². The zero-order valence-corrected chi connectivity index (χ0v) is 10.8. The molecule has 4 aromatic rings. The van der Waals surface area contributed by atoms with Gasteiger partial charge in [-0.05, 0) is 46.9 Å². The van der Waals surface area contributed by atoms with Gasteiger partial charge in [-0.25, -0.2) is 0 Å². The van der Waals surface area contributed by atoms with Gasteiger partial charge in [0, 0.05) is 6.20 Å². The van der Waals surface area contributed by atoms with Gasteiger partial charge in [0.15, 0.2) is 5.58 Å². The summed E-state index contributed by atoms with van der Waals surface area (Å²) in [4.78, 5) is 4.52. The van der Waals surface area contributed by atoms with Crippen LogP contribution in [0.25, 0.3) is 33.2 Å². The van der Waals surface area contributed by atoms with Crippen LogP contribution in [-0.2, 0) is 6.42 Å². The molecule has 94 valence electrons. The fraction of sp³-hybridized carbons (Fsp3) is 0.0556. The Hall–Kier alpha value is -2.61. The average molecular weight is 257 g/mol. The van der Waals surface area contributed by atoms with E-state index in [-0.39, 0.29) is 0 Å². The van der Waals surface area contributed by atoms with Crippen LogP contribution >= 0.6 is 0 Å². The third-order valence-electron chi connectivity index (χ3n) is 4.18. The number of hydrogen-bond donors (Lipinski definition) is 0. The van der Waals surface area contributed by atoms with Gasteiger partial charge in [-0.3, -0.25) is 4.98 Å². The molecule has 5 rings (SSSR count). The third kappa shape index (κ3) is 1.16. The molecular formula is C18H11NO. The van der Waals surface area contributed by atoms with E-state index in [1.54, 1.807) is 0 Å². The second kappa shape index (κ2) is 3.48. The molecule has 2 heteroatoms. The minimum atomic E-state index is 0.867. The lowest BCUT2D eigenvalue weighted by Crippen LogP contribution is -1.83.